The number of fused-ring (bicyclic) bond motifs is 9. The molecule has 0 saturated carbocycles. The number of rotatable bonds is 0. The topological polar surface area (TPSA) is 4.36 Å². The summed E-state index contributed by atoms with van der Waals surface area (Å²) in [4.78, 5) is 3.56. The number of hydrogen-bond donors (Lipinski definition) is 0. The molecule has 6 aromatic rings. The van der Waals surface area contributed by atoms with Crippen LogP contribution in [0.4, 0.5) is 5.69 Å². The summed E-state index contributed by atoms with van der Waals surface area (Å²) in [6, 6.07) is 32.3. The van der Waals surface area contributed by atoms with Crippen LogP contribution >= 0.6 is 0 Å². The van der Waals surface area contributed by atoms with Gasteiger partial charge in [0.05, 0.1) is 6.57 Å². The van der Waals surface area contributed by atoms with Gasteiger partial charge in [-0.2, -0.15) is 0 Å². The zero-order chi connectivity index (χ0) is 18.7. The van der Waals surface area contributed by atoms with Gasteiger partial charge in [-0.15, -0.1) is 0 Å². The first kappa shape index (κ1) is 15.2. The van der Waals surface area contributed by atoms with Crippen LogP contribution in [0.25, 0.3) is 58.7 Å². The highest BCUT2D eigenvalue weighted by atomic mass is 14.6. The second kappa shape index (κ2) is 5.55. The van der Waals surface area contributed by atoms with Crippen LogP contribution in [0, 0.1) is 6.57 Å². The largest absolute Gasteiger partial charge is 0.238 e. The van der Waals surface area contributed by atoms with Crippen molar-refractivity contribution in [3.05, 3.63) is 102 Å². The van der Waals surface area contributed by atoms with E-state index in [2.05, 4.69) is 83.7 Å². The fourth-order valence-corrected chi connectivity index (χ4v) is 4.52. The van der Waals surface area contributed by atoms with Crippen LogP contribution in [0.1, 0.15) is 0 Å². The molecule has 128 valence electrons. The Hall–Kier alpha value is -3.89. The van der Waals surface area contributed by atoms with Gasteiger partial charge < -0.3 is 0 Å². The van der Waals surface area contributed by atoms with Crippen molar-refractivity contribution in [2.24, 2.45) is 0 Å². The van der Waals surface area contributed by atoms with Crippen LogP contribution in [-0.2, 0) is 0 Å². The molecule has 28 heavy (non-hydrogen) atoms. The standard InChI is InChI=1S/C27H15N/c1-28-19-8-11-21-18(16-19)7-10-25-23(21)13-15-26-24-9-6-17-4-2-3-5-20(17)22(24)12-14-27(25)26/h2-16H. The Morgan fingerprint density at radius 2 is 0.893 bits per heavy atom. The lowest BCUT2D eigenvalue weighted by Crippen LogP contribution is -1.84. The lowest BCUT2D eigenvalue weighted by molar-refractivity contribution is 1.78. The maximum absolute atomic E-state index is 7.25. The van der Waals surface area contributed by atoms with Crippen LogP contribution < -0.4 is 0 Å². The van der Waals surface area contributed by atoms with Gasteiger partial charge in [-0.25, -0.2) is 4.85 Å². The Labute approximate surface area is 162 Å². The van der Waals surface area contributed by atoms with E-state index in [-0.39, 0.29) is 0 Å². The molecule has 1 heteroatoms. The highest BCUT2D eigenvalue weighted by molar-refractivity contribution is 6.25. The molecule has 6 aromatic carbocycles. The lowest BCUT2D eigenvalue weighted by Gasteiger charge is -2.11. The van der Waals surface area contributed by atoms with Gasteiger partial charge in [0.25, 0.3) is 0 Å². The Morgan fingerprint density at radius 1 is 0.429 bits per heavy atom. The highest BCUT2D eigenvalue weighted by Gasteiger charge is 2.09. The summed E-state index contributed by atoms with van der Waals surface area (Å²) in [5.74, 6) is 0. The van der Waals surface area contributed by atoms with E-state index in [1.807, 2.05) is 12.1 Å². The fourth-order valence-electron chi connectivity index (χ4n) is 4.52. The van der Waals surface area contributed by atoms with Gasteiger partial charge in [0.2, 0.25) is 0 Å². The molecule has 6 rings (SSSR count). The van der Waals surface area contributed by atoms with Crippen molar-refractivity contribution in [3.8, 4) is 0 Å². The summed E-state index contributed by atoms with van der Waals surface area (Å²) in [6.07, 6.45) is 0. The Kier molecular flexibility index (Phi) is 3.01. The molecule has 0 aliphatic rings. The third kappa shape index (κ3) is 2.00. The average molecular weight is 353 g/mol. The molecule has 0 saturated heterocycles. The van der Waals surface area contributed by atoms with E-state index in [1.165, 1.54) is 48.5 Å². The van der Waals surface area contributed by atoms with E-state index in [0.717, 1.165) is 5.39 Å². The van der Waals surface area contributed by atoms with E-state index < -0.39 is 0 Å². The quantitative estimate of drug-likeness (QED) is 0.192. The normalized spacial score (nSPS) is 11.5. The van der Waals surface area contributed by atoms with Crippen LogP contribution in [0.2, 0.25) is 0 Å². The smallest absolute Gasteiger partial charge is 0.187 e. The van der Waals surface area contributed by atoms with Crippen molar-refractivity contribution >= 4 is 59.5 Å². The van der Waals surface area contributed by atoms with Crippen molar-refractivity contribution in [2.45, 2.75) is 0 Å². The van der Waals surface area contributed by atoms with E-state index in [1.54, 1.807) is 0 Å². The fraction of sp³-hybridized carbons (Fsp3) is 0. The monoisotopic (exact) mass is 353 g/mol. The first-order valence-corrected chi connectivity index (χ1v) is 9.41. The van der Waals surface area contributed by atoms with Crippen LogP contribution in [-0.4, -0.2) is 0 Å². The molecule has 0 heterocycles. The second-order valence-corrected chi connectivity index (χ2v) is 7.29. The SMILES string of the molecule is [C-]#[N+]c1ccc2c(ccc3c2ccc2c4ccc5ccccc5c4ccc32)c1. The minimum Gasteiger partial charge on any atom is -0.238 e. The molecule has 0 radical (unpaired) electrons. The molecule has 0 atom stereocenters. The third-order valence-electron chi connectivity index (χ3n) is 5.85. The van der Waals surface area contributed by atoms with Crippen molar-refractivity contribution < 1.29 is 0 Å². The summed E-state index contributed by atoms with van der Waals surface area (Å²) in [6.45, 7) is 7.25. The van der Waals surface area contributed by atoms with E-state index in [9.17, 15) is 0 Å². The van der Waals surface area contributed by atoms with E-state index in [4.69, 9.17) is 6.57 Å². The Bertz CT molecular complexity index is 1620. The van der Waals surface area contributed by atoms with Gasteiger partial charge in [0.1, 0.15) is 0 Å². The molecule has 0 unspecified atom stereocenters. The van der Waals surface area contributed by atoms with Crippen LogP contribution in [0.5, 0.6) is 0 Å². The second-order valence-electron chi connectivity index (χ2n) is 7.29. The first-order valence-electron chi connectivity index (χ1n) is 9.41. The summed E-state index contributed by atoms with van der Waals surface area (Å²) >= 11 is 0. The molecule has 0 N–H and O–H groups in total. The average Bonchev–Trinajstić information content (AvgIpc) is 2.77. The summed E-state index contributed by atoms with van der Waals surface area (Å²) in [5.41, 5.74) is 0.686. The molecule has 0 aliphatic carbocycles. The third-order valence-corrected chi connectivity index (χ3v) is 5.85. The van der Waals surface area contributed by atoms with Crippen molar-refractivity contribution in [1.29, 1.82) is 0 Å². The van der Waals surface area contributed by atoms with Gasteiger partial charge >= 0.3 is 0 Å². The van der Waals surface area contributed by atoms with E-state index in [0.29, 0.717) is 5.69 Å². The van der Waals surface area contributed by atoms with Crippen molar-refractivity contribution in [3.63, 3.8) is 0 Å². The van der Waals surface area contributed by atoms with Crippen LogP contribution in [0.3, 0.4) is 0 Å². The first-order chi connectivity index (χ1) is 13.8. The molecular weight excluding hydrogens is 338 g/mol. The van der Waals surface area contributed by atoms with Crippen molar-refractivity contribution in [2.75, 3.05) is 0 Å². The molecular formula is C27H15N. The Morgan fingerprint density at radius 3 is 1.54 bits per heavy atom. The molecule has 0 spiro atoms. The maximum Gasteiger partial charge on any atom is 0.187 e. The summed E-state index contributed by atoms with van der Waals surface area (Å²) in [7, 11) is 0. The number of hydrogen-bond acceptors (Lipinski definition) is 0. The van der Waals surface area contributed by atoms with Gasteiger partial charge in [0, 0.05) is 0 Å². The zero-order valence-corrected chi connectivity index (χ0v) is 15.1. The molecule has 0 aromatic heterocycles. The number of benzene rings is 6. The highest BCUT2D eigenvalue weighted by Crippen LogP contribution is 2.37. The minimum absolute atomic E-state index is 0.686. The molecule has 0 aliphatic heterocycles. The van der Waals surface area contributed by atoms with Gasteiger partial charge in [-0.05, 0) is 59.9 Å². The minimum atomic E-state index is 0.686. The van der Waals surface area contributed by atoms with Gasteiger partial charge in [0.15, 0.2) is 5.69 Å². The molecule has 1 nitrogen and oxygen atoms in total. The Balaban J connectivity index is 1.76. The summed E-state index contributed by atoms with van der Waals surface area (Å²) < 4.78 is 0. The lowest BCUT2D eigenvalue weighted by atomic mass is 9.92. The van der Waals surface area contributed by atoms with E-state index >= 15 is 0 Å². The van der Waals surface area contributed by atoms with Crippen LogP contribution in [0.15, 0.2) is 91.0 Å². The van der Waals surface area contributed by atoms with Gasteiger partial charge in [-0.1, -0.05) is 84.9 Å². The molecule has 0 bridgehead atoms. The maximum atomic E-state index is 7.25. The van der Waals surface area contributed by atoms with Gasteiger partial charge in [-0.3, -0.25) is 0 Å². The number of nitrogens with zero attached hydrogens (tertiary/aromatic N) is 1. The molecule has 0 fully saturated rings. The van der Waals surface area contributed by atoms with Crippen molar-refractivity contribution in [1.82, 2.24) is 0 Å². The predicted octanol–water partition coefficient (Wildman–Crippen LogP) is 8.00. The predicted molar refractivity (Wildman–Crippen MR) is 120 cm³/mol. The zero-order valence-electron chi connectivity index (χ0n) is 15.1. The molecule has 0 amide bonds. The summed E-state index contributed by atoms with van der Waals surface area (Å²) in [5, 5.41) is 12.5.